The Bertz CT molecular complexity index is 556. The van der Waals surface area contributed by atoms with Gasteiger partial charge in [0.05, 0.1) is 11.9 Å². The molecule has 3 N–H and O–H groups in total. The van der Waals surface area contributed by atoms with Crippen LogP contribution in [0.2, 0.25) is 0 Å². The summed E-state index contributed by atoms with van der Waals surface area (Å²) in [7, 11) is 0. The summed E-state index contributed by atoms with van der Waals surface area (Å²) in [6, 6.07) is 9.15. The average molecular weight is 241 g/mol. The van der Waals surface area contributed by atoms with E-state index in [4.69, 9.17) is 5.73 Å². The normalized spacial score (nSPS) is 10.1. The summed E-state index contributed by atoms with van der Waals surface area (Å²) in [5.41, 5.74) is 9.40. The lowest BCUT2D eigenvalue weighted by Gasteiger charge is -2.07. The van der Waals surface area contributed by atoms with Gasteiger partial charge in [-0.25, -0.2) is 4.98 Å². The number of aryl methyl sites for hydroxylation is 2. The minimum Gasteiger partial charge on any atom is -0.397 e. The minimum atomic E-state index is -0.236. The van der Waals surface area contributed by atoms with Crippen LogP contribution < -0.4 is 11.1 Å². The molecule has 0 radical (unpaired) electrons. The fourth-order valence-electron chi connectivity index (χ4n) is 1.78. The third-order valence-electron chi connectivity index (χ3n) is 2.50. The predicted molar refractivity (Wildman–Crippen MR) is 72.5 cm³/mol. The lowest BCUT2D eigenvalue weighted by molar-refractivity contribution is 0.102. The van der Waals surface area contributed by atoms with Gasteiger partial charge in [-0.1, -0.05) is 6.07 Å². The Balaban J connectivity index is 2.18. The molecular formula is C14H15N3O. The number of nitrogens with one attached hydrogen (secondary N) is 1. The number of nitrogens with two attached hydrogens (primary N) is 1. The average Bonchev–Trinajstić information content (AvgIpc) is 2.28. The second-order valence-electron chi connectivity index (χ2n) is 4.31. The van der Waals surface area contributed by atoms with E-state index in [0.29, 0.717) is 11.4 Å². The van der Waals surface area contributed by atoms with Gasteiger partial charge in [0, 0.05) is 5.69 Å². The quantitative estimate of drug-likeness (QED) is 0.849. The van der Waals surface area contributed by atoms with Crippen LogP contribution in [0.25, 0.3) is 0 Å². The summed E-state index contributed by atoms with van der Waals surface area (Å²) in [5, 5.41) is 2.82. The first-order valence-electron chi connectivity index (χ1n) is 5.66. The number of hydrogen-bond acceptors (Lipinski definition) is 3. The Morgan fingerprint density at radius 3 is 2.39 bits per heavy atom. The van der Waals surface area contributed by atoms with E-state index in [9.17, 15) is 4.79 Å². The number of nitrogen functional groups attached to an aromatic ring is 1. The van der Waals surface area contributed by atoms with Gasteiger partial charge in [0.2, 0.25) is 0 Å². The molecule has 0 fully saturated rings. The molecule has 0 saturated carbocycles. The van der Waals surface area contributed by atoms with Crippen LogP contribution in [0, 0.1) is 13.8 Å². The number of benzene rings is 1. The van der Waals surface area contributed by atoms with Crippen molar-refractivity contribution in [2.24, 2.45) is 0 Å². The van der Waals surface area contributed by atoms with Crippen LogP contribution in [0.3, 0.4) is 0 Å². The highest BCUT2D eigenvalue weighted by Gasteiger charge is 2.07. The second-order valence-corrected chi connectivity index (χ2v) is 4.31. The van der Waals surface area contributed by atoms with Crippen molar-refractivity contribution >= 4 is 17.3 Å². The number of amides is 1. The van der Waals surface area contributed by atoms with E-state index in [1.54, 1.807) is 12.1 Å². The predicted octanol–water partition coefficient (Wildman–Crippen LogP) is 2.53. The molecule has 18 heavy (non-hydrogen) atoms. The maximum Gasteiger partial charge on any atom is 0.274 e. The van der Waals surface area contributed by atoms with Crippen LogP contribution in [-0.2, 0) is 0 Å². The third-order valence-corrected chi connectivity index (χ3v) is 2.50. The van der Waals surface area contributed by atoms with E-state index in [1.807, 2.05) is 26.0 Å². The molecule has 0 aliphatic rings. The highest BCUT2D eigenvalue weighted by molar-refractivity contribution is 6.03. The fraction of sp³-hybridized carbons (Fsp3) is 0.143. The van der Waals surface area contributed by atoms with Gasteiger partial charge in [-0.15, -0.1) is 0 Å². The summed E-state index contributed by atoms with van der Waals surface area (Å²) in [6.45, 7) is 3.98. The molecule has 1 aromatic carbocycles. The zero-order valence-electron chi connectivity index (χ0n) is 10.4. The molecule has 4 nitrogen and oxygen atoms in total. The van der Waals surface area contributed by atoms with Gasteiger partial charge in [-0.3, -0.25) is 4.79 Å². The van der Waals surface area contributed by atoms with Gasteiger partial charge in [0.1, 0.15) is 5.69 Å². The number of anilines is 2. The standard InChI is InChI=1S/C14H15N3O/c1-9-5-10(2)7-12(6-9)17-14(18)13-4-3-11(15)8-16-13/h3-8H,15H2,1-2H3,(H,17,18). The molecule has 0 saturated heterocycles. The van der Waals surface area contributed by atoms with Crippen LogP contribution in [0.15, 0.2) is 36.5 Å². The van der Waals surface area contributed by atoms with Crippen molar-refractivity contribution in [1.82, 2.24) is 4.98 Å². The van der Waals surface area contributed by atoms with E-state index < -0.39 is 0 Å². The summed E-state index contributed by atoms with van der Waals surface area (Å²) >= 11 is 0. The summed E-state index contributed by atoms with van der Waals surface area (Å²) in [5.74, 6) is -0.236. The van der Waals surface area contributed by atoms with Crippen molar-refractivity contribution in [2.45, 2.75) is 13.8 Å². The molecule has 4 heteroatoms. The summed E-state index contributed by atoms with van der Waals surface area (Å²) in [4.78, 5) is 15.9. The van der Waals surface area contributed by atoms with Crippen molar-refractivity contribution < 1.29 is 4.79 Å². The molecule has 0 spiro atoms. The number of rotatable bonds is 2. The van der Waals surface area contributed by atoms with E-state index in [0.717, 1.165) is 16.8 Å². The summed E-state index contributed by atoms with van der Waals surface area (Å²) < 4.78 is 0. The SMILES string of the molecule is Cc1cc(C)cc(NC(=O)c2ccc(N)cn2)c1. The molecule has 0 aliphatic carbocycles. The Morgan fingerprint density at radius 2 is 1.83 bits per heavy atom. The number of hydrogen-bond donors (Lipinski definition) is 2. The highest BCUT2D eigenvalue weighted by atomic mass is 16.1. The topological polar surface area (TPSA) is 68.0 Å². The monoisotopic (exact) mass is 241 g/mol. The maximum absolute atomic E-state index is 11.9. The van der Waals surface area contributed by atoms with Crippen molar-refractivity contribution in [3.63, 3.8) is 0 Å². The van der Waals surface area contributed by atoms with Gasteiger partial charge in [0.25, 0.3) is 5.91 Å². The van der Waals surface area contributed by atoms with Crippen molar-refractivity contribution in [2.75, 3.05) is 11.1 Å². The molecule has 92 valence electrons. The van der Waals surface area contributed by atoms with Gasteiger partial charge >= 0.3 is 0 Å². The fourth-order valence-corrected chi connectivity index (χ4v) is 1.78. The molecule has 2 aromatic rings. The maximum atomic E-state index is 11.9. The van der Waals surface area contributed by atoms with Crippen LogP contribution in [0.4, 0.5) is 11.4 Å². The Kier molecular flexibility index (Phi) is 3.28. The number of pyridine rings is 1. The molecule has 0 aliphatic heterocycles. The van der Waals surface area contributed by atoms with Gasteiger partial charge < -0.3 is 11.1 Å². The van der Waals surface area contributed by atoms with Gasteiger partial charge in [-0.05, 0) is 49.2 Å². The molecular weight excluding hydrogens is 226 g/mol. The second kappa shape index (κ2) is 4.87. The van der Waals surface area contributed by atoms with Crippen LogP contribution in [0.1, 0.15) is 21.6 Å². The highest BCUT2D eigenvalue weighted by Crippen LogP contribution is 2.14. The number of carbonyl (C=O) groups is 1. The van der Waals surface area contributed by atoms with E-state index in [2.05, 4.69) is 16.4 Å². The Labute approximate surface area is 106 Å². The van der Waals surface area contributed by atoms with Crippen molar-refractivity contribution in [3.05, 3.63) is 53.3 Å². The Morgan fingerprint density at radius 1 is 1.17 bits per heavy atom. The van der Waals surface area contributed by atoms with Crippen molar-refractivity contribution in [3.8, 4) is 0 Å². The molecule has 0 atom stereocenters. The zero-order chi connectivity index (χ0) is 13.1. The lowest BCUT2D eigenvalue weighted by atomic mass is 10.1. The van der Waals surface area contributed by atoms with Gasteiger partial charge in [-0.2, -0.15) is 0 Å². The molecule has 1 aromatic heterocycles. The lowest BCUT2D eigenvalue weighted by Crippen LogP contribution is -2.13. The first-order valence-corrected chi connectivity index (χ1v) is 5.66. The largest absolute Gasteiger partial charge is 0.397 e. The number of aromatic nitrogens is 1. The van der Waals surface area contributed by atoms with Crippen LogP contribution in [0.5, 0.6) is 0 Å². The van der Waals surface area contributed by atoms with E-state index in [1.165, 1.54) is 6.20 Å². The molecule has 1 heterocycles. The number of nitrogens with zero attached hydrogens (tertiary/aromatic N) is 1. The molecule has 0 bridgehead atoms. The molecule has 2 rings (SSSR count). The molecule has 0 unspecified atom stereocenters. The minimum absolute atomic E-state index is 0.236. The van der Waals surface area contributed by atoms with Crippen LogP contribution >= 0.6 is 0 Å². The Hall–Kier alpha value is -2.36. The van der Waals surface area contributed by atoms with Gasteiger partial charge in [0.15, 0.2) is 0 Å². The van der Waals surface area contributed by atoms with E-state index in [-0.39, 0.29) is 5.91 Å². The molecule has 1 amide bonds. The number of carbonyl (C=O) groups excluding carboxylic acids is 1. The smallest absolute Gasteiger partial charge is 0.274 e. The van der Waals surface area contributed by atoms with Crippen LogP contribution in [-0.4, -0.2) is 10.9 Å². The summed E-state index contributed by atoms with van der Waals surface area (Å²) in [6.07, 6.45) is 1.47. The van der Waals surface area contributed by atoms with Crippen molar-refractivity contribution in [1.29, 1.82) is 0 Å². The first-order chi connectivity index (χ1) is 8.54. The van der Waals surface area contributed by atoms with E-state index >= 15 is 0 Å². The first kappa shape index (κ1) is 12.1. The zero-order valence-corrected chi connectivity index (χ0v) is 10.4. The third kappa shape index (κ3) is 2.85.